The van der Waals surface area contributed by atoms with E-state index in [1.54, 1.807) is 42.5 Å². The van der Waals surface area contributed by atoms with Gasteiger partial charge in [0.05, 0.1) is 19.8 Å². The van der Waals surface area contributed by atoms with Crippen LogP contribution >= 0.6 is 0 Å². The SMILES string of the molecule is C=CCCOC1=CC=C(c2ccc(-c3ccc(C4OCC(CC)CO4)cc3F)cc2)C(F)C1F. The van der Waals surface area contributed by atoms with Gasteiger partial charge in [-0.1, -0.05) is 55.5 Å². The number of benzene rings is 2. The number of rotatable bonds is 8. The summed E-state index contributed by atoms with van der Waals surface area (Å²) in [5.74, 6) is -0.0574. The Morgan fingerprint density at radius 3 is 2.35 bits per heavy atom. The molecule has 0 amide bonds. The Bertz CT molecular complexity index is 1050. The minimum atomic E-state index is -1.87. The van der Waals surface area contributed by atoms with Crippen LogP contribution in [0.25, 0.3) is 16.7 Å². The average Bonchev–Trinajstić information content (AvgIpc) is 2.87. The van der Waals surface area contributed by atoms with Crippen LogP contribution in [0, 0.1) is 11.7 Å². The molecule has 3 nitrogen and oxygen atoms in total. The second kappa shape index (κ2) is 11.1. The smallest absolute Gasteiger partial charge is 0.192 e. The van der Waals surface area contributed by atoms with Crippen LogP contribution in [0.3, 0.4) is 0 Å². The molecule has 2 aromatic rings. The molecule has 2 aromatic carbocycles. The normalized spacial score (nSPS) is 24.8. The summed E-state index contributed by atoms with van der Waals surface area (Å²) in [6, 6.07) is 11.6. The Morgan fingerprint density at radius 1 is 1.00 bits per heavy atom. The van der Waals surface area contributed by atoms with Crippen molar-refractivity contribution in [2.24, 2.45) is 5.92 Å². The quantitative estimate of drug-likeness (QED) is 0.304. The summed E-state index contributed by atoms with van der Waals surface area (Å²) in [7, 11) is 0. The second-order valence-corrected chi connectivity index (χ2v) is 8.51. The van der Waals surface area contributed by atoms with E-state index >= 15 is 0 Å². The molecule has 0 N–H and O–H groups in total. The van der Waals surface area contributed by atoms with Gasteiger partial charge in [-0.3, -0.25) is 0 Å². The van der Waals surface area contributed by atoms with Crippen LogP contribution in [0.1, 0.15) is 37.2 Å². The van der Waals surface area contributed by atoms with Gasteiger partial charge in [0.15, 0.2) is 18.6 Å². The number of halogens is 3. The molecular formula is C28H29F3O3. The summed E-state index contributed by atoms with van der Waals surface area (Å²) >= 11 is 0. The van der Waals surface area contributed by atoms with Gasteiger partial charge >= 0.3 is 0 Å². The molecule has 34 heavy (non-hydrogen) atoms. The molecule has 0 aromatic heterocycles. The highest BCUT2D eigenvalue weighted by atomic mass is 19.2. The van der Waals surface area contributed by atoms with Gasteiger partial charge in [0.2, 0.25) is 0 Å². The molecule has 0 spiro atoms. The van der Waals surface area contributed by atoms with Gasteiger partial charge in [-0.2, -0.15) is 0 Å². The molecule has 1 fully saturated rings. The first-order valence-corrected chi connectivity index (χ1v) is 11.6. The van der Waals surface area contributed by atoms with Gasteiger partial charge in [-0.05, 0) is 41.7 Å². The fraction of sp³-hybridized carbons (Fsp3) is 0.357. The van der Waals surface area contributed by atoms with Crippen molar-refractivity contribution in [3.8, 4) is 11.1 Å². The highest BCUT2D eigenvalue weighted by Gasteiger charge is 2.32. The van der Waals surface area contributed by atoms with E-state index in [0.29, 0.717) is 47.8 Å². The molecule has 180 valence electrons. The van der Waals surface area contributed by atoms with Crippen molar-refractivity contribution in [2.75, 3.05) is 19.8 Å². The predicted molar refractivity (Wildman–Crippen MR) is 127 cm³/mol. The molecule has 6 heteroatoms. The standard InChI is InChI=1S/C28H29F3O3/c1-3-5-14-32-25-13-12-23(26(30)27(25)31)20-8-6-19(7-9-20)22-11-10-21(15-24(22)29)28-33-16-18(4-2)17-34-28/h3,6-13,15,18,26-28H,1,4-5,14,16-17H2,2H3. The summed E-state index contributed by atoms with van der Waals surface area (Å²) < 4.78 is 61.0. The van der Waals surface area contributed by atoms with E-state index in [1.807, 2.05) is 0 Å². The van der Waals surface area contributed by atoms with E-state index in [9.17, 15) is 13.2 Å². The largest absolute Gasteiger partial charge is 0.494 e. The van der Waals surface area contributed by atoms with E-state index in [4.69, 9.17) is 14.2 Å². The highest BCUT2D eigenvalue weighted by molar-refractivity contribution is 5.75. The molecule has 0 radical (unpaired) electrons. The molecule has 0 saturated carbocycles. The van der Waals surface area contributed by atoms with Crippen LogP contribution in [-0.2, 0) is 14.2 Å². The van der Waals surface area contributed by atoms with E-state index in [-0.39, 0.29) is 17.9 Å². The van der Waals surface area contributed by atoms with Crippen LogP contribution in [0.4, 0.5) is 13.2 Å². The third-order valence-electron chi connectivity index (χ3n) is 6.18. The van der Waals surface area contributed by atoms with Crippen molar-refractivity contribution >= 4 is 5.57 Å². The van der Waals surface area contributed by atoms with Crippen molar-refractivity contribution in [1.29, 1.82) is 0 Å². The van der Waals surface area contributed by atoms with E-state index < -0.39 is 24.5 Å². The lowest BCUT2D eigenvalue weighted by Gasteiger charge is -2.29. The van der Waals surface area contributed by atoms with Crippen molar-refractivity contribution in [3.05, 3.63) is 90.0 Å². The van der Waals surface area contributed by atoms with Crippen LogP contribution < -0.4 is 0 Å². The zero-order chi connectivity index (χ0) is 24.1. The number of alkyl halides is 2. The van der Waals surface area contributed by atoms with Gasteiger partial charge in [-0.25, -0.2) is 13.2 Å². The summed E-state index contributed by atoms with van der Waals surface area (Å²) in [4.78, 5) is 0. The molecule has 0 bridgehead atoms. The van der Waals surface area contributed by atoms with Crippen molar-refractivity contribution in [2.45, 2.75) is 38.4 Å². The topological polar surface area (TPSA) is 27.7 Å². The Balaban J connectivity index is 1.48. The van der Waals surface area contributed by atoms with Crippen molar-refractivity contribution in [1.82, 2.24) is 0 Å². The zero-order valence-corrected chi connectivity index (χ0v) is 19.2. The van der Waals surface area contributed by atoms with E-state index in [0.717, 1.165) is 6.42 Å². The first-order valence-electron chi connectivity index (χ1n) is 11.6. The fourth-order valence-electron chi connectivity index (χ4n) is 4.03. The van der Waals surface area contributed by atoms with Crippen LogP contribution in [0.2, 0.25) is 0 Å². The molecule has 2 aliphatic rings. The Labute approximate surface area is 198 Å². The van der Waals surface area contributed by atoms with Crippen LogP contribution in [0.15, 0.2) is 73.0 Å². The maximum absolute atomic E-state index is 14.9. The lowest BCUT2D eigenvalue weighted by Crippen LogP contribution is -2.26. The Kier molecular flexibility index (Phi) is 7.91. The van der Waals surface area contributed by atoms with Gasteiger partial charge in [0.1, 0.15) is 11.6 Å². The number of ether oxygens (including phenoxy) is 3. The lowest BCUT2D eigenvalue weighted by atomic mass is 9.92. The summed E-state index contributed by atoms with van der Waals surface area (Å²) in [6.45, 7) is 7.10. The molecule has 2 unspecified atom stereocenters. The number of hydrogen-bond donors (Lipinski definition) is 0. The highest BCUT2D eigenvalue weighted by Crippen LogP contribution is 2.35. The lowest BCUT2D eigenvalue weighted by molar-refractivity contribution is -0.205. The minimum Gasteiger partial charge on any atom is -0.494 e. The molecule has 2 atom stereocenters. The van der Waals surface area contributed by atoms with E-state index in [1.165, 1.54) is 18.2 Å². The maximum atomic E-state index is 14.9. The maximum Gasteiger partial charge on any atom is 0.192 e. The van der Waals surface area contributed by atoms with Gasteiger partial charge in [0.25, 0.3) is 0 Å². The molecular weight excluding hydrogens is 441 g/mol. The molecule has 1 aliphatic heterocycles. The first-order chi connectivity index (χ1) is 16.5. The average molecular weight is 471 g/mol. The Morgan fingerprint density at radius 2 is 1.71 bits per heavy atom. The van der Waals surface area contributed by atoms with Crippen LogP contribution in [-0.4, -0.2) is 32.2 Å². The minimum absolute atomic E-state index is 0.0204. The van der Waals surface area contributed by atoms with Crippen LogP contribution in [0.5, 0.6) is 0 Å². The molecule has 4 rings (SSSR count). The third kappa shape index (κ3) is 5.29. The first kappa shape index (κ1) is 24.3. The summed E-state index contributed by atoms with van der Waals surface area (Å²) in [5.41, 5.74) is 2.44. The zero-order valence-electron chi connectivity index (χ0n) is 19.2. The van der Waals surface area contributed by atoms with Gasteiger partial charge < -0.3 is 14.2 Å². The predicted octanol–water partition coefficient (Wildman–Crippen LogP) is 7.11. The molecule has 1 saturated heterocycles. The van der Waals surface area contributed by atoms with E-state index in [2.05, 4.69) is 13.5 Å². The summed E-state index contributed by atoms with van der Waals surface area (Å²) in [5, 5.41) is 0. The third-order valence-corrected chi connectivity index (χ3v) is 6.18. The monoisotopic (exact) mass is 470 g/mol. The number of hydrogen-bond acceptors (Lipinski definition) is 3. The van der Waals surface area contributed by atoms with Crippen molar-refractivity contribution in [3.63, 3.8) is 0 Å². The molecule has 1 aliphatic carbocycles. The fourth-order valence-corrected chi connectivity index (χ4v) is 4.03. The van der Waals surface area contributed by atoms with Crippen molar-refractivity contribution < 1.29 is 27.4 Å². The number of allylic oxidation sites excluding steroid dienone is 4. The molecule has 1 heterocycles. The second-order valence-electron chi connectivity index (χ2n) is 8.51. The summed E-state index contributed by atoms with van der Waals surface area (Å²) in [6.07, 6.45) is 1.90. The van der Waals surface area contributed by atoms with Gasteiger partial charge in [-0.15, -0.1) is 6.58 Å². The van der Waals surface area contributed by atoms with Gasteiger partial charge in [0, 0.05) is 17.0 Å². The Hall–Kier alpha value is -2.83.